The van der Waals surface area contributed by atoms with Gasteiger partial charge in [0.1, 0.15) is 0 Å². The van der Waals surface area contributed by atoms with Crippen molar-refractivity contribution in [3.8, 4) is 0 Å². The minimum atomic E-state index is -0.181. The first-order valence-electron chi connectivity index (χ1n) is 8.66. The molecular weight excluding hydrogens is 248 g/mol. The lowest BCUT2D eigenvalue weighted by Gasteiger charge is -2.53. The molecule has 0 heterocycles. The fourth-order valence-corrected chi connectivity index (χ4v) is 6.28. The van der Waals surface area contributed by atoms with Gasteiger partial charge in [-0.1, -0.05) is 18.6 Å². The summed E-state index contributed by atoms with van der Waals surface area (Å²) in [5.74, 6) is 3.18. The summed E-state index contributed by atoms with van der Waals surface area (Å²) in [4.78, 5) is 0. The minimum Gasteiger partial charge on any atom is -0.393 e. The molecule has 3 saturated carbocycles. The molecule has 0 saturated heterocycles. The third kappa shape index (κ3) is 1.77. The average Bonchev–Trinajstić information content (AvgIpc) is 2.74. The van der Waals surface area contributed by atoms with Crippen LogP contribution in [0.1, 0.15) is 58.3 Å². The molecule has 112 valence electrons. The van der Waals surface area contributed by atoms with Crippen molar-refractivity contribution in [2.24, 2.45) is 29.1 Å². The molecule has 0 amide bonds. The summed E-state index contributed by atoms with van der Waals surface area (Å²) in [6.07, 6.45) is 11.4. The summed E-state index contributed by atoms with van der Waals surface area (Å²) in [7, 11) is 0. The Balaban J connectivity index is 1.62. The van der Waals surface area contributed by atoms with Gasteiger partial charge >= 0.3 is 0 Å². The van der Waals surface area contributed by atoms with Crippen molar-refractivity contribution in [3.05, 3.63) is 11.6 Å². The Kier molecular flexibility index (Phi) is 3.05. The summed E-state index contributed by atoms with van der Waals surface area (Å²) in [6, 6.07) is 0. The molecule has 4 aliphatic rings. The van der Waals surface area contributed by atoms with E-state index in [1.807, 2.05) is 0 Å². The van der Waals surface area contributed by atoms with Crippen molar-refractivity contribution in [1.29, 1.82) is 0 Å². The molecule has 4 rings (SSSR count). The maximum absolute atomic E-state index is 10.4. The maximum atomic E-state index is 10.4. The summed E-state index contributed by atoms with van der Waals surface area (Å²) in [5, 5.41) is 20.3. The van der Waals surface area contributed by atoms with E-state index in [-0.39, 0.29) is 17.6 Å². The largest absolute Gasteiger partial charge is 0.393 e. The van der Waals surface area contributed by atoms with Gasteiger partial charge in [-0.2, -0.15) is 0 Å². The van der Waals surface area contributed by atoms with E-state index in [0.717, 1.165) is 36.5 Å². The van der Waals surface area contributed by atoms with Gasteiger partial charge in [-0.15, -0.1) is 0 Å². The van der Waals surface area contributed by atoms with Crippen LogP contribution < -0.4 is 0 Å². The van der Waals surface area contributed by atoms with Crippen LogP contribution >= 0.6 is 0 Å². The number of aliphatic hydroxyl groups is 2. The van der Waals surface area contributed by atoms with Crippen LogP contribution in [0.2, 0.25) is 0 Å². The molecular formula is C18H28O2. The Labute approximate surface area is 122 Å². The topological polar surface area (TPSA) is 40.5 Å². The first-order valence-corrected chi connectivity index (χ1v) is 8.66. The molecule has 0 aromatic rings. The second-order valence-corrected chi connectivity index (χ2v) is 8.10. The number of rotatable bonds is 0. The highest BCUT2D eigenvalue weighted by Crippen LogP contribution is 2.61. The minimum absolute atomic E-state index is 0.0569. The molecule has 0 aromatic heterocycles. The van der Waals surface area contributed by atoms with Gasteiger partial charge in [-0.05, 0) is 80.5 Å². The Hall–Kier alpha value is -0.340. The van der Waals surface area contributed by atoms with E-state index < -0.39 is 0 Å². The molecule has 2 N–H and O–H groups in total. The number of hydrogen-bond donors (Lipinski definition) is 2. The zero-order valence-corrected chi connectivity index (χ0v) is 12.6. The fourth-order valence-electron chi connectivity index (χ4n) is 6.28. The van der Waals surface area contributed by atoms with Crippen LogP contribution in [0.15, 0.2) is 11.6 Å². The normalized spacial score (nSPS) is 54.6. The first kappa shape index (κ1) is 13.3. The zero-order valence-electron chi connectivity index (χ0n) is 12.6. The standard InChI is InChI=1S/C18H28O2/c1-18-9-8-14-13-5-3-12(19)10-11(13)2-4-15(14)16(18)6-7-17(18)20/h10,12-17,19-20H,2-9H2,1H3/t12-,13+,14-,15-,16+,17?,18+/m1/s1. The SMILES string of the molecule is C[C@]12CC[C@H]3[C@@H](CCC4=C[C@H](O)CC[C@@H]43)[C@@H]1CCC2O. The Morgan fingerprint density at radius 2 is 1.85 bits per heavy atom. The lowest BCUT2D eigenvalue weighted by molar-refractivity contribution is -0.0548. The monoisotopic (exact) mass is 276 g/mol. The second kappa shape index (κ2) is 4.58. The van der Waals surface area contributed by atoms with Gasteiger partial charge in [0, 0.05) is 0 Å². The van der Waals surface area contributed by atoms with E-state index in [2.05, 4.69) is 13.0 Å². The second-order valence-electron chi connectivity index (χ2n) is 8.10. The molecule has 2 nitrogen and oxygen atoms in total. The van der Waals surface area contributed by atoms with Gasteiger partial charge < -0.3 is 10.2 Å². The third-order valence-corrected chi connectivity index (χ3v) is 7.38. The average molecular weight is 276 g/mol. The molecule has 1 unspecified atom stereocenters. The lowest BCUT2D eigenvalue weighted by atomic mass is 9.52. The third-order valence-electron chi connectivity index (χ3n) is 7.38. The van der Waals surface area contributed by atoms with E-state index >= 15 is 0 Å². The molecule has 0 aliphatic heterocycles. The van der Waals surface area contributed by atoms with Crippen LogP contribution in [0.4, 0.5) is 0 Å². The van der Waals surface area contributed by atoms with Crippen molar-refractivity contribution in [3.63, 3.8) is 0 Å². The zero-order chi connectivity index (χ0) is 13.9. The van der Waals surface area contributed by atoms with Gasteiger partial charge in [0.05, 0.1) is 12.2 Å². The molecule has 0 radical (unpaired) electrons. The van der Waals surface area contributed by atoms with Crippen molar-refractivity contribution >= 4 is 0 Å². The van der Waals surface area contributed by atoms with Gasteiger partial charge in [0.25, 0.3) is 0 Å². The van der Waals surface area contributed by atoms with Crippen molar-refractivity contribution in [1.82, 2.24) is 0 Å². The summed E-state index contributed by atoms with van der Waals surface area (Å²) < 4.78 is 0. The van der Waals surface area contributed by atoms with Gasteiger partial charge in [-0.3, -0.25) is 0 Å². The molecule has 0 bridgehead atoms. The van der Waals surface area contributed by atoms with E-state index in [1.54, 1.807) is 5.57 Å². The van der Waals surface area contributed by atoms with E-state index in [9.17, 15) is 10.2 Å². The Morgan fingerprint density at radius 3 is 2.70 bits per heavy atom. The molecule has 20 heavy (non-hydrogen) atoms. The van der Waals surface area contributed by atoms with Crippen molar-refractivity contribution < 1.29 is 10.2 Å². The molecule has 0 aromatic carbocycles. The van der Waals surface area contributed by atoms with Crippen LogP contribution in [0.25, 0.3) is 0 Å². The molecule has 7 atom stereocenters. The van der Waals surface area contributed by atoms with Crippen LogP contribution in [0.3, 0.4) is 0 Å². The number of hydrogen-bond acceptors (Lipinski definition) is 2. The fraction of sp³-hybridized carbons (Fsp3) is 0.889. The number of aliphatic hydroxyl groups excluding tert-OH is 2. The van der Waals surface area contributed by atoms with Gasteiger partial charge in [0.2, 0.25) is 0 Å². The summed E-state index contributed by atoms with van der Waals surface area (Å²) in [6.45, 7) is 2.35. The highest BCUT2D eigenvalue weighted by molar-refractivity contribution is 5.20. The van der Waals surface area contributed by atoms with Crippen LogP contribution in [0, 0.1) is 29.1 Å². The number of allylic oxidation sites excluding steroid dienone is 1. The predicted octanol–water partition coefficient (Wildman–Crippen LogP) is 3.28. The quantitative estimate of drug-likeness (QED) is 0.667. The Morgan fingerprint density at radius 1 is 1.00 bits per heavy atom. The predicted molar refractivity (Wildman–Crippen MR) is 79.1 cm³/mol. The van der Waals surface area contributed by atoms with Gasteiger partial charge in [0.15, 0.2) is 0 Å². The maximum Gasteiger partial charge on any atom is 0.0723 e. The summed E-state index contributed by atoms with van der Waals surface area (Å²) in [5.41, 5.74) is 1.77. The van der Waals surface area contributed by atoms with E-state index in [4.69, 9.17) is 0 Å². The van der Waals surface area contributed by atoms with Crippen LogP contribution in [0.5, 0.6) is 0 Å². The highest BCUT2D eigenvalue weighted by atomic mass is 16.3. The smallest absolute Gasteiger partial charge is 0.0723 e. The summed E-state index contributed by atoms with van der Waals surface area (Å²) >= 11 is 0. The van der Waals surface area contributed by atoms with E-state index in [1.165, 1.54) is 38.5 Å². The molecule has 3 fully saturated rings. The number of fused-ring (bicyclic) bond motifs is 5. The lowest BCUT2D eigenvalue weighted by Crippen LogP contribution is -2.47. The molecule has 0 spiro atoms. The molecule has 2 heteroatoms. The van der Waals surface area contributed by atoms with Crippen molar-refractivity contribution in [2.45, 2.75) is 70.5 Å². The van der Waals surface area contributed by atoms with Crippen LogP contribution in [-0.4, -0.2) is 22.4 Å². The highest BCUT2D eigenvalue weighted by Gasteiger charge is 2.55. The van der Waals surface area contributed by atoms with Crippen molar-refractivity contribution in [2.75, 3.05) is 0 Å². The molecule has 4 aliphatic carbocycles. The van der Waals surface area contributed by atoms with Crippen LogP contribution in [-0.2, 0) is 0 Å². The van der Waals surface area contributed by atoms with Gasteiger partial charge in [-0.25, -0.2) is 0 Å². The first-order chi connectivity index (χ1) is 9.59. The Bertz CT molecular complexity index is 429. The van der Waals surface area contributed by atoms with E-state index in [0.29, 0.717) is 0 Å².